The van der Waals surface area contributed by atoms with E-state index < -0.39 is 17.9 Å². The molecule has 0 fully saturated rings. The monoisotopic (exact) mass is 316 g/mol. The van der Waals surface area contributed by atoms with Gasteiger partial charge in [-0.25, -0.2) is 14.4 Å². The molecule has 0 aromatic heterocycles. The van der Waals surface area contributed by atoms with Crippen LogP contribution >= 0.6 is 0 Å². The lowest BCUT2D eigenvalue weighted by molar-refractivity contribution is 0.0536. The Morgan fingerprint density at radius 3 is 1.65 bits per heavy atom. The molecule has 0 heterocycles. The van der Waals surface area contributed by atoms with E-state index in [0.29, 0.717) is 16.3 Å². The number of aryl methyl sites for hydroxylation is 1. The van der Waals surface area contributed by atoms with Crippen LogP contribution in [-0.4, -0.2) is 39.2 Å². The van der Waals surface area contributed by atoms with E-state index in [4.69, 9.17) is 14.2 Å². The van der Waals surface area contributed by atoms with Crippen molar-refractivity contribution in [1.82, 2.24) is 0 Å². The van der Waals surface area contributed by atoms with Gasteiger partial charge in [0.05, 0.1) is 38.0 Å². The highest BCUT2D eigenvalue weighted by Gasteiger charge is 2.31. The summed E-state index contributed by atoms with van der Waals surface area (Å²) in [5.74, 6) is -2.26. The van der Waals surface area contributed by atoms with Crippen LogP contribution in [0.1, 0.15) is 36.6 Å². The number of esters is 3. The lowest BCUT2D eigenvalue weighted by Gasteiger charge is -2.17. The first-order valence-electron chi connectivity index (χ1n) is 6.78. The van der Waals surface area contributed by atoms with Gasteiger partial charge in [-0.2, -0.15) is 0 Å². The minimum atomic E-state index is -0.806. The fourth-order valence-electron chi connectivity index (χ4n) is 2.59. The van der Waals surface area contributed by atoms with Gasteiger partial charge in [0, 0.05) is 0 Å². The predicted molar refractivity (Wildman–Crippen MR) is 82.7 cm³/mol. The van der Waals surface area contributed by atoms with Gasteiger partial charge in [0.2, 0.25) is 0 Å². The number of carbonyl (C=O) groups is 3. The molecular formula is C17H16O6. The zero-order chi connectivity index (χ0) is 17.1. The summed E-state index contributed by atoms with van der Waals surface area (Å²) in [6.07, 6.45) is 0. The maximum absolute atomic E-state index is 12.3. The minimum Gasteiger partial charge on any atom is -0.465 e. The van der Waals surface area contributed by atoms with Crippen molar-refractivity contribution >= 4 is 28.7 Å². The summed E-state index contributed by atoms with van der Waals surface area (Å²) < 4.78 is 14.3. The molecule has 0 saturated carbocycles. The number of carbonyl (C=O) groups excluding carboxylic acids is 3. The van der Waals surface area contributed by atoms with E-state index in [9.17, 15) is 14.4 Å². The van der Waals surface area contributed by atoms with Crippen LogP contribution in [-0.2, 0) is 14.2 Å². The quantitative estimate of drug-likeness (QED) is 0.639. The van der Waals surface area contributed by atoms with Crippen LogP contribution in [0.5, 0.6) is 0 Å². The molecule has 0 bridgehead atoms. The molecule has 0 unspecified atom stereocenters. The largest absolute Gasteiger partial charge is 0.465 e. The number of rotatable bonds is 3. The maximum Gasteiger partial charge on any atom is 0.339 e. The Hall–Kier alpha value is -2.89. The van der Waals surface area contributed by atoms with Gasteiger partial charge < -0.3 is 14.2 Å². The standard InChI is InChI=1S/C17H16O6/c1-9-10-7-5-6-8-11(10)13(16(19)22-3)14(17(20)23-4)12(9)15(18)21-2/h5-8H,1-4H3. The van der Waals surface area contributed by atoms with E-state index in [1.54, 1.807) is 31.2 Å². The number of fused-ring (bicyclic) bond motifs is 1. The fraction of sp³-hybridized carbons (Fsp3) is 0.235. The first kappa shape index (κ1) is 16.5. The van der Waals surface area contributed by atoms with Gasteiger partial charge in [-0.1, -0.05) is 24.3 Å². The molecule has 0 radical (unpaired) electrons. The van der Waals surface area contributed by atoms with Crippen LogP contribution in [0.2, 0.25) is 0 Å². The van der Waals surface area contributed by atoms with Crippen LogP contribution in [0.3, 0.4) is 0 Å². The van der Waals surface area contributed by atoms with Gasteiger partial charge in [-0.15, -0.1) is 0 Å². The average Bonchev–Trinajstić information content (AvgIpc) is 2.59. The Balaban J connectivity index is 3.08. The SMILES string of the molecule is COC(=O)c1c(C(=O)OC)c(C(=O)OC)c2ccccc2c1C. The van der Waals surface area contributed by atoms with E-state index >= 15 is 0 Å². The van der Waals surface area contributed by atoms with Crippen molar-refractivity contribution in [2.75, 3.05) is 21.3 Å². The zero-order valence-corrected chi connectivity index (χ0v) is 13.3. The lowest BCUT2D eigenvalue weighted by atomic mass is 9.89. The van der Waals surface area contributed by atoms with E-state index in [1.165, 1.54) is 21.3 Å². The Bertz CT molecular complexity index is 806. The van der Waals surface area contributed by atoms with Gasteiger partial charge >= 0.3 is 17.9 Å². The van der Waals surface area contributed by atoms with Gasteiger partial charge in [0.25, 0.3) is 0 Å². The van der Waals surface area contributed by atoms with Crippen molar-refractivity contribution in [3.05, 3.63) is 46.5 Å². The maximum atomic E-state index is 12.3. The summed E-state index contributed by atoms with van der Waals surface area (Å²) in [5.41, 5.74) is 0.363. The molecule has 6 heteroatoms. The highest BCUT2D eigenvalue weighted by Crippen LogP contribution is 2.32. The molecule has 0 aliphatic rings. The lowest BCUT2D eigenvalue weighted by Crippen LogP contribution is -2.20. The second-order valence-electron chi connectivity index (χ2n) is 4.77. The van der Waals surface area contributed by atoms with Crippen molar-refractivity contribution in [1.29, 1.82) is 0 Å². The van der Waals surface area contributed by atoms with Crippen LogP contribution in [0.25, 0.3) is 10.8 Å². The number of methoxy groups -OCH3 is 3. The van der Waals surface area contributed by atoms with Crippen molar-refractivity contribution in [2.45, 2.75) is 6.92 Å². The summed E-state index contributed by atoms with van der Waals surface area (Å²) in [7, 11) is 3.58. The van der Waals surface area contributed by atoms with Crippen molar-refractivity contribution in [3.8, 4) is 0 Å². The molecule has 0 saturated heterocycles. The van der Waals surface area contributed by atoms with Crippen LogP contribution < -0.4 is 0 Å². The van der Waals surface area contributed by atoms with Gasteiger partial charge in [-0.3, -0.25) is 0 Å². The molecule has 0 spiro atoms. The third-order valence-electron chi connectivity index (χ3n) is 3.64. The summed E-state index contributed by atoms with van der Waals surface area (Å²) in [6.45, 7) is 1.68. The highest BCUT2D eigenvalue weighted by atomic mass is 16.5. The molecule has 6 nitrogen and oxygen atoms in total. The number of hydrogen-bond donors (Lipinski definition) is 0. The predicted octanol–water partition coefficient (Wildman–Crippen LogP) is 2.51. The molecule has 0 aliphatic carbocycles. The zero-order valence-electron chi connectivity index (χ0n) is 13.3. The van der Waals surface area contributed by atoms with E-state index in [0.717, 1.165) is 0 Å². The number of benzene rings is 2. The average molecular weight is 316 g/mol. The van der Waals surface area contributed by atoms with Gasteiger partial charge in [-0.05, 0) is 23.3 Å². The molecule has 2 aromatic rings. The van der Waals surface area contributed by atoms with Crippen molar-refractivity contribution in [2.24, 2.45) is 0 Å². The van der Waals surface area contributed by atoms with E-state index in [2.05, 4.69) is 0 Å². The molecule has 0 atom stereocenters. The third-order valence-corrected chi connectivity index (χ3v) is 3.64. The summed E-state index contributed by atoms with van der Waals surface area (Å²) in [4.78, 5) is 36.7. The Kier molecular flexibility index (Phi) is 4.64. The molecule has 2 aromatic carbocycles. The Morgan fingerprint density at radius 1 is 0.696 bits per heavy atom. The smallest absolute Gasteiger partial charge is 0.339 e. The molecule has 23 heavy (non-hydrogen) atoms. The Labute approximate surface area is 132 Å². The fourth-order valence-corrected chi connectivity index (χ4v) is 2.59. The molecule has 120 valence electrons. The topological polar surface area (TPSA) is 78.9 Å². The third kappa shape index (κ3) is 2.63. The molecule has 0 aliphatic heterocycles. The van der Waals surface area contributed by atoms with Gasteiger partial charge in [0.15, 0.2) is 0 Å². The van der Waals surface area contributed by atoms with Crippen LogP contribution in [0, 0.1) is 6.92 Å². The minimum absolute atomic E-state index is 0.00144. The summed E-state index contributed by atoms with van der Waals surface area (Å²) in [5, 5.41) is 1.16. The molecule has 0 amide bonds. The highest BCUT2D eigenvalue weighted by molar-refractivity contribution is 6.19. The van der Waals surface area contributed by atoms with E-state index in [1.807, 2.05) is 0 Å². The second-order valence-corrected chi connectivity index (χ2v) is 4.77. The molecule has 2 rings (SSSR count). The van der Waals surface area contributed by atoms with E-state index in [-0.39, 0.29) is 16.7 Å². The van der Waals surface area contributed by atoms with Crippen molar-refractivity contribution < 1.29 is 28.6 Å². The first-order valence-corrected chi connectivity index (χ1v) is 6.78. The second kappa shape index (κ2) is 6.48. The van der Waals surface area contributed by atoms with Crippen LogP contribution in [0.4, 0.5) is 0 Å². The Morgan fingerprint density at radius 2 is 1.13 bits per heavy atom. The van der Waals surface area contributed by atoms with Gasteiger partial charge in [0.1, 0.15) is 0 Å². The molecule has 0 N–H and O–H groups in total. The normalized spacial score (nSPS) is 10.3. The summed E-state index contributed by atoms with van der Waals surface area (Å²) >= 11 is 0. The van der Waals surface area contributed by atoms with Crippen molar-refractivity contribution in [3.63, 3.8) is 0 Å². The summed E-state index contributed by atoms with van der Waals surface area (Å²) in [6, 6.07) is 6.94. The first-order chi connectivity index (χ1) is 11.0. The van der Waals surface area contributed by atoms with Crippen LogP contribution in [0.15, 0.2) is 24.3 Å². The molecular weight excluding hydrogens is 300 g/mol. The number of hydrogen-bond acceptors (Lipinski definition) is 6. The number of ether oxygens (including phenoxy) is 3.